The predicted molar refractivity (Wildman–Crippen MR) is 102 cm³/mol. The molecule has 1 aromatic carbocycles. The molecule has 2 aromatic rings. The molecular formula is C20H28N4O. The van der Waals surface area contributed by atoms with Gasteiger partial charge >= 0.3 is 0 Å². The van der Waals surface area contributed by atoms with Gasteiger partial charge in [0, 0.05) is 23.4 Å². The Hall–Kier alpha value is -2.14. The lowest BCUT2D eigenvalue weighted by Gasteiger charge is -2.24. The number of hydrogen-bond acceptors (Lipinski definition) is 5. The lowest BCUT2D eigenvalue weighted by molar-refractivity contribution is 0.392. The van der Waals surface area contributed by atoms with Crippen LogP contribution in [0.3, 0.4) is 0 Å². The Bertz CT molecular complexity index is 694. The smallest absolute Gasteiger partial charge is 0.161 e. The standard InChI is InChI=1S/C20H28N4O/c1-4-18-14(2)23-19(16-7-9-17(25-3)10-8-16)24-20(18)22-13-15-6-5-11-21-12-15/h7-10,15,21H,4-6,11-13H2,1-3H3,(H,22,23,24). The number of ether oxygens (including phenoxy) is 1. The zero-order valence-corrected chi connectivity index (χ0v) is 15.4. The van der Waals surface area contributed by atoms with E-state index in [2.05, 4.69) is 24.5 Å². The van der Waals surface area contributed by atoms with E-state index in [0.717, 1.165) is 54.7 Å². The topological polar surface area (TPSA) is 59.1 Å². The van der Waals surface area contributed by atoms with Crippen molar-refractivity contribution in [3.05, 3.63) is 35.5 Å². The largest absolute Gasteiger partial charge is 0.497 e. The number of aromatic nitrogens is 2. The lowest BCUT2D eigenvalue weighted by atomic mass is 9.99. The number of nitrogens with one attached hydrogen (secondary N) is 2. The minimum absolute atomic E-state index is 0.665. The van der Waals surface area contributed by atoms with Gasteiger partial charge in [-0.3, -0.25) is 0 Å². The summed E-state index contributed by atoms with van der Waals surface area (Å²) >= 11 is 0. The van der Waals surface area contributed by atoms with Crippen molar-refractivity contribution in [3.8, 4) is 17.1 Å². The molecule has 0 bridgehead atoms. The van der Waals surface area contributed by atoms with E-state index in [1.54, 1.807) is 7.11 Å². The van der Waals surface area contributed by atoms with Gasteiger partial charge in [0.05, 0.1) is 7.11 Å². The Balaban J connectivity index is 1.83. The normalized spacial score (nSPS) is 17.3. The Morgan fingerprint density at radius 1 is 1.24 bits per heavy atom. The molecule has 5 nitrogen and oxygen atoms in total. The third-order valence-electron chi connectivity index (χ3n) is 4.87. The van der Waals surface area contributed by atoms with Crippen molar-refractivity contribution in [2.75, 3.05) is 32.1 Å². The Morgan fingerprint density at radius 2 is 2.04 bits per heavy atom. The molecule has 3 rings (SSSR count). The second-order valence-corrected chi connectivity index (χ2v) is 6.64. The van der Waals surface area contributed by atoms with Gasteiger partial charge in [-0.2, -0.15) is 0 Å². The highest BCUT2D eigenvalue weighted by atomic mass is 16.5. The third-order valence-corrected chi connectivity index (χ3v) is 4.87. The van der Waals surface area contributed by atoms with Crippen molar-refractivity contribution in [2.45, 2.75) is 33.1 Å². The average molecular weight is 340 g/mol. The first kappa shape index (κ1) is 17.7. The molecule has 2 N–H and O–H groups in total. The zero-order valence-electron chi connectivity index (χ0n) is 15.4. The Labute approximate surface area is 150 Å². The van der Waals surface area contributed by atoms with Crippen LogP contribution in [0.25, 0.3) is 11.4 Å². The van der Waals surface area contributed by atoms with Gasteiger partial charge in [-0.15, -0.1) is 0 Å². The highest BCUT2D eigenvalue weighted by Gasteiger charge is 2.16. The SMILES string of the molecule is CCc1c(C)nc(-c2ccc(OC)cc2)nc1NCC1CCCNC1. The van der Waals surface area contributed by atoms with Gasteiger partial charge in [0.25, 0.3) is 0 Å². The first-order valence-corrected chi connectivity index (χ1v) is 9.17. The second-order valence-electron chi connectivity index (χ2n) is 6.64. The van der Waals surface area contributed by atoms with E-state index >= 15 is 0 Å². The summed E-state index contributed by atoms with van der Waals surface area (Å²) in [6.45, 7) is 7.42. The van der Waals surface area contributed by atoms with Crippen LogP contribution in [-0.4, -0.2) is 36.7 Å². The molecule has 134 valence electrons. The van der Waals surface area contributed by atoms with Crippen molar-refractivity contribution < 1.29 is 4.74 Å². The molecule has 0 saturated carbocycles. The molecule has 0 radical (unpaired) electrons. The third kappa shape index (κ3) is 4.28. The van der Waals surface area contributed by atoms with Crippen LogP contribution in [0.5, 0.6) is 5.75 Å². The van der Waals surface area contributed by atoms with Gasteiger partial charge < -0.3 is 15.4 Å². The number of piperidine rings is 1. The molecule has 0 amide bonds. The summed E-state index contributed by atoms with van der Waals surface area (Å²) in [4.78, 5) is 9.55. The number of aryl methyl sites for hydroxylation is 1. The summed E-state index contributed by atoms with van der Waals surface area (Å²) in [5.74, 6) is 3.25. The molecule has 1 aromatic heterocycles. The average Bonchev–Trinajstić information content (AvgIpc) is 2.67. The van der Waals surface area contributed by atoms with E-state index in [9.17, 15) is 0 Å². The van der Waals surface area contributed by atoms with E-state index < -0.39 is 0 Å². The van der Waals surface area contributed by atoms with Crippen molar-refractivity contribution in [3.63, 3.8) is 0 Å². The van der Waals surface area contributed by atoms with E-state index in [-0.39, 0.29) is 0 Å². The van der Waals surface area contributed by atoms with Crippen molar-refractivity contribution >= 4 is 5.82 Å². The fourth-order valence-corrected chi connectivity index (χ4v) is 3.37. The maximum atomic E-state index is 5.24. The van der Waals surface area contributed by atoms with Crippen LogP contribution in [0.1, 0.15) is 31.0 Å². The predicted octanol–water partition coefficient (Wildman–Crippen LogP) is 3.43. The van der Waals surface area contributed by atoms with E-state index in [1.165, 1.54) is 18.4 Å². The van der Waals surface area contributed by atoms with Gasteiger partial charge in [-0.05, 0) is 69.5 Å². The highest BCUT2D eigenvalue weighted by molar-refractivity contribution is 5.60. The van der Waals surface area contributed by atoms with Gasteiger partial charge in [0.2, 0.25) is 0 Å². The highest BCUT2D eigenvalue weighted by Crippen LogP contribution is 2.25. The first-order valence-electron chi connectivity index (χ1n) is 9.17. The van der Waals surface area contributed by atoms with Crippen LogP contribution in [0, 0.1) is 12.8 Å². The van der Waals surface area contributed by atoms with E-state index in [4.69, 9.17) is 14.7 Å². The molecule has 1 aliphatic heterocycles. The number of hydrogen-bond donors (Lipinski definition) is 2. The van der Waals surface area contributed by atoms with Gasteiger partial charge in [-0.1, -0.05) is 6.92 Å². The molecule has 1 unspecified atom stereocenters. The number of nitrogens with zero attached hydrogens (tertiary/aromatic N) is 2. The first-order chi connectivity index (χ1) is 12.2. The fraction of sp³-hybridized carbons (Fsp3) is 0.500. The fourth-order valence-electron chi connectivity index (χ4n) is 3.37. The number of anilines is 1. The summed E-state index contributed by atoms with van der Waals surface area (Å²) in [7, 11) is 1.67. The second kappa shape index (κ2) is 8.30. The summed E-state index contributed by atoms with van der Waals surface area (Å²) in [5.41, 5.74) is 3.27. The molecule has 0 spiro atoms. The maximum Gasteiger partial charge on any atom is 0.161 e. The number of methoxy groups -OCH3 is 1. The molecule has 2 heterocycles. The molecule has 1 saturated heterocycles. The van der Waals surface area contributed by atoms with Crippen LogP contribution in [0.15, 0.2) is 24.3 Å². The van der Waals surface area contributed by atoms with Gasteiger partial charge in [0.1, 0.15) is 11.6 Å². The lowest BCUT2D eigenvalue weighted by Crippen LogP contribution is -2.33. The monoisotopic (exact) mass is 340 g/mol. The van der Waals surface area contributed by atoms with E-state index in [0.29, 0.717) is 5.92 Å². The van der Waals surface area contributed by atoms with Crippen LogP contribution >= 0.6 is 0 Å². The number of benzene rings is 1. The zero-order chi connectivity index (χ0) is 17.6. The summed E-state index contributed by atoms with van der Waals surface area (Å²) in [6, 6.07) is 7.91. The summed E-state index contributed by atoms with van der Waals surface area (Å²) in [6.07, 6.45) is 3.46. The Morgan fingerprint density at radius 3 is 2.68 bits per heavy atom. The van der Waals surface area contributed by atoms with Gasteiger partial charge in [0.15, 0.2) is 5.82 Å². The van der Waals surface area contributed by atoms with Crippen LogP contribution < -0.4 is 15.4 Å². The molecule has 25 heavy (non-hydrogen) atoms. The Kier molecular flexibility index (Phi) is 5.87. The minimum Gasteiger partial charge on any atom is -0.497 e. The van der Waals surface area contributed by atoms with Crippen LogP contribution in [0.4, 0.5) is 5.82 Å². The van der Waals surface area contributed by atoms with Gasteiger partial charge in [-0.25, -0.2) is 9.97 Å². The maximum absolute atomic E-state index is 5.24. The van der Waals surface area contributed by atoms with E-state index in [1.807, 2.05) is 24.3 Å². The summed E-state index contributed by atoms with van der Waals surface area (Å²) < 4.78 is 5.24. The minimum atomic E-state index is 0.665. The summed E-state index contributed by atoms with van der Waals surface area (Å²) in [5, 5.41) is 7.07. The van der Waals surface area contributed by atoms with Crippen molar-refractivity contribution in [2.24, 2.45) is 5.92 Å². The molecule has 0 aliphatic carbocycles. The van der Waals surface area contributed by atoms with Crippen molar-refractivity contribution in [1.29, 1.82) is 0 Å². The molecule has 5 heteroatoms. The van der Waals surface area contributed by atoms with Crippen LogP contribution in [-0.2, 0) is 6.42 Å². The molecule has 1 fully saturated rings. The van der Waals surface area contributed by atoms with Crippen LogP contribution in [0.2, 0.25) is 0 Å². The molecular weight excluding hydrogens is 312 g/mol. The quantitative estimate of drug-likeness (QED) is 0.844. The van der Waals surface area contributed by atoms with Crippen molar-refractivity contribution in [1.82, 2.24) is 15.3 Å². The molecule has 1 atom stereocenters. The molecule has 1 aliphatic rings. The number of rotatable bonds is 6.